The molecule has 4 nitrogen and oxygen atoms in total. The molecule has 4 heteroatoms. The minimum absolute atomic E-state index is 0.0902. The van der Waals surface area contributed by atoms with E-state index in [0.29, 0.717) is 24.3 Å². The van der Waals surface area contributed by atoms with Crippen LogP contribution in [0.2, 0.25) is 0 Å². The summed E-state index contributed by atoms with van der Waals surface area (Å²) in [4.78, 5) is 26.6. The summed E-state index contributed by atoms with van der Waals surface area (Å²) in [5.41, 5.74) is 2.88. The Morgan fingerprint density at radius 3 is 2.12 bits per heavy atom. The molecule has 1 saturated heterocycles. The molecule has 1 aliphatic heterocycles. The number of rotatable bonds is 3. The van der Waals surface area contributed by atoms with Gasteiger partial charge < -0.3 is 4.74 Å². The van der Waals surface area contributed by atoms with Crippen molar-refractivity contribution in [1.29, 1.82) is 0 Å². The van der Waals surface area contributed by atoms with E-state index >= 15 is 0 Å². The molecule has 26 heavy (non-hydrogen) atoms. The molecule has 2 aliphatic rings. The molecule has 0 saturated carbocycles. The predicted octanol–water partition coefficient (Wildman–Crippen LogP) is 4.55. The van der Waals surface area contributed by atoms with E-state index < -0.39 is 0 Å². The Bertz CT molecular complexity index is 872. The fourth-order valence-corrected chi connectivity index (χ4v) is 3.68. The van der Waals surface area contributed by atoms with Crippen molar-refractivity contribution in [1.82, 2.24) is 0 Å². The summed E-state index contributed by atoms with van der Waals surface area (Å²) < 4.78 is 5.96. The van der Waals surface area contributed by atoms with Crippen molar-refractivity contribution in [2.24, 2.45) is 11.8 Å². The average molecular weight is 347 g/mol. The van der Waals surface area contributed by atoms with Gasteiger partial charge in [0.05, 0.1) is 17.5 Å². The zero-order valence-corrected chi connectivity index (χ0v) is 14.9. The SMILES string of the molecule is Cc1cccc(Oc2ccc(N3C(=O)[C@@H]4CC=CC[C@H]4C3=O)cc2)c1C. The van der Waals surface area contributed by atoms with Gasteiger partial charge in [-0.15, -0.1) is 0 Å². The van der Waals surface area contributed by atoms with Crippen LogP contribution in [0.3, 0.4) is 0 Å². The van der Waals surface area contributed by atoms with Crippen molar-refractivity contribution >= 4 is 17.5 Å². The molecule has 1 fully saturated rings. The Kier molecular flexibility index (Phi) is 4.11. The Hall–Kier alpha value is -2.88. The first kappa shape index (κ1) is 16.6. The maximum absolute atomic E-state index is 12.6. The van der Waals surface area contributed by atoms with Crippen LogP contribution in [0.15, 0.2) is 54.6 Å². The first-order valence-corrected chi connectivity index (χ1v) is 8.93. The molecule has 0 N–H and O–H groups in total. The summed E-state index contributed by atoms with van der Waals surface area (Å²) in [7, 11) is 0. The number of allylic oxidation sites excluding steroid dienone is 2. The highest BCUT2D eigenvalue weighted by Crippen LogP contribution is 2.38. The monoisotopic (exact) mass is 347 g/mol. The average Bonchev–Trinajstić information content (AvgIpc) is 2.91. The van der Waals surface area contributed by atoms with Crippen LogP contribution in [-0.2, 0) is 9.59 Å². The molecule has 4 rings (SSSR count). The quantitative estimate of drug-likeness (QED) is 0.604. The van der Waals surface area contributed by atoms with Crippen LogP contribution in [0.25, 0.3) is 0 Å². The number of carbonyl (C=O) groups is 2. The third-order valence-corrected chi connectivity index (χ3v) is 5.39. The molecule has 1 aliphatic carbocycles. The molecule has 2 aromatic rings. The zero-order chi connectivity index (χ0) is 18.3. The van der Waals surface area contributed by atoms with Crippen LogP contribution in [0.4, 0.5) is 5.69 Å². The third-order valence-electron chi connectivity index (χ3n) is 5.39. The minimum atomic E-state index is -0.210. The maximum atomic E-state index is 12.6. The minimum Gasteiger partial charge on any atom is -0.457 e. The van der Waals surface area contributed by atoms with Crippen molar-refractivity contribution in [3.8, 4) is 11.5 Å². The lowest BCUT2D eigenvalue weighted by Crippen LogP contribution is -2.30. The van der Waals surface area contributed by atoms with Gasteiger partial charge in [0.1, 0.15) is 11.5 Å². The van der Waals surface area contributed by atoms with E-state index in [1.54, 1.807) is 24.3 Å². The molecule has 2 aromatic carbocycles. The highest BCUT2D eigenvalue weighted by molar-refractivity contribution is 6.22. The van der Waals surface area contributed by atoms with Gasteiger partial charge in [-0.3, -0.25) is 14.5 Å². The first-order valence-electron chi connectivity index (χ1n) is 8.93. The fraction of sp³-hybridized carbons (Fsp3) is 0.273. The van der Waals surface area contributed by atoms with E-state index in [2.05, 4.69) is 0 Å². The number of nitrogens with zero attached hydrogens (tertiary/aromatic N) is 1. The number of ether oxygens (including phenoxy) is 1. The molecule has 2 atom stereocenters. The second-order valence-electron chi connectivity index (χ2n) is 6.96. The predicted molar refractivity (Wildman–Crippen MR) is 100 cm³/mol. The number of hydrogen-bond donors (Lipinski definition) is 0. The largest absolute Gasteiger partial charge is 0.457 e. The normalized spacial score (nSPS) is 21.8. The van der Waals surface area contributed by atoms with Crippen LogP contribution >= 0.6 is 0 Å². The molecule has 0 radical (unpaired) electrons. The van der Waals surface area contributed by atoms with Gasteiger partial charge in [-0.2, -0.15) is 0 Å². The van der Waals surface area contributed by atoms with Gasteiger partial charge in [-0.1, -0.05) is 24.3 Å². The molecular formula is C22H21NO3. The van der Waals surface area contributed by atoms with Gasteiger partial charge in [-0.05, 0) is 68.1 Å². The molecular weight excluding hydrogens is 326 g/mol. The number of amides is 2. The van der Waals surface area contributed by atoms with Crippen LogP contribution in [0, 0.1) is 25.7 Å². The summed E-state index contributed by atoms with van der Waals surface area (Å²) in [6.07, 6.45) is 5.30. The Balaban J connectivity index is 1.56. The topological polar surface area (TPSA) is 46.6 Å². The second-order valence-corrected chi connectivity index (χ2v) is 6.96. The van der Waals surface area contributed by atoms with E-state index in [0.717, 1.165) is 11.3 Å². The maximum Gasteiger partial charge on any atom is 0.238 e. The lowest BCUT2D eigenvalue weighted by Gasteiger charge is -2.16. The van der Waals surface area contributed by atoms with E-state index in [1.807, 2.05) is 44.2 Å². The van der Waals surface area contributed by atoms with Gasteiger partial charge in [0.25, 0.3) is 0 Å². The summed E-state index contributed by atoms with van der Waals surface area (Å²) in [5.74, 6) is 0.889. The van der Waals surface area contributed by atoms with Gasteiger partial charge in [0.15, 0.2) is 0 Å². The van der Waals surface area contributed by atoms with Crippen molar-refractivity contribution in [2.45, 2.75) is 26.7 Å². The van der Waals surface area contributed by atoms with E-state index in [9.17, 15) is 9.59 Å². The molecule has 0 spiro atoms. The molecule has 1 heterocycles. The first-order chi connectivity index (χ1) is 12.6. The van der Waals surface area contributed by atoms with Crippen LogP contribution in [-0.4, -0.2) is 11.8 Å². The van der Waals surface area contributed by atoms with Gasteiger partial charge in [0, 0.05) is 0 Å². The number of hydrogen-bond acceptors (Lipinski definition) is 3. The van der Waals surface area contributed by atoms with Crippen LogP contribution in [0.1, 0.15) is 24.0 Å². The summed E-state index contributed by atoms with van der Waals surface area (Å²) in [5, 5.41) is 0. The lowest BCUT2D eigenvalue weighted by molar-refractivity contribution is -0.122. The van der Waals surface area contributed by atoms with Crippen LogP contribution in [0.5, 0.6) is 11.5 Å². The molecule has 132 valence electrons. The van der Waals surface area contributed by atoms with Crippen molar-refractivity contribution in [3.05, 3.63) is 65.7 Å². The number of carbonyl (C=O) groups excluding carboxylic acids is 2. The van der Waals surface area contributed by atoms with E-state index in [-0.39, 0.29) is 23.7 Å². The van der Waals surface area contributed by atoms with E-state index in [1.165, 1.54) is 10.5 Å². The highest BCUT2D eigenvalue weighted by Gasteiger charge is 2.47. The standard InChI is InChI=1S/C22H21NO3/c1-14-6-5-9-20(15(14)2)26-17-12-10-16(11-13-17)23-21(24)18-7-3-4-8-19(18)22(23)25/h3-6,9-13,18-19H,7-8H2,1-2H3/t18-,19-/m1/s1. The summed E-state index contributed by atoms with van der Waals surface area (Å²) in [6, 6.07) is 13.1. The van der Waals surface area contributed by atoms with E-state index in [4.69, 9.17) is 4.74 Å². The summed E-state index contributed by atoms with van der Waals surface area (Å²) in [6.45, 7) is 4.07. The van der Waals surface area contributed by atoms with Crippen molar-refractivity contribution in [2.75, 3.05) is 4.90 Å². The zero-order valence-electron chi connectivity index (χ0n) is 14.9. The Morgan fingerprint density at radius 2 is 1.50 bits per heavy atom. The molecule has 0 aromatic heterocycles. The number of fused-ring (bicyclic) bond motifs is 1. The number of imide groups is 1. The molecule has 0 unspecified atom stereocenters. The Morgan fingerprint density at radius 1 is 0.885 bits per heavy atom. The highest BCUT2D eigenvalue weighted by atomic mass is 16.5. The van der Waals surface area contributed by atoms with Gasteiger partial charge in [0.2, 0.25) is 11.8 Å². The number of benzene rings is 2. The molecule has 0 bridgehead atoms. The van der Waals surface area contributed by atoms with Gasteiger partial charge in [-0.25, -0.2) is 0 Å². The number of anilines is 1. The number of aryl methyl sites for hydroxylation is 1. The fourth-order valence-electron chi connectivity index (χ4n) is 3.68. The second kappa shape index (κ2) is 6.45. The Labute approximate surface area is 153 Å². The van der Waals surface area contributed by atoms with Crippen molar-refractivity contribution < 1.29 is 14.3 Å². The van der Waals surface area contributed by atoms with Gasteiger partial charge >= 0.3 is 0 Å². The lowest BCUT2D eigenvalue weighted by atomic mass is 9.85. The molecule has 2 amide bonds. The summed E-state index contributed by atoms with van der Waals surface area (Å²) >= 11 is 0. The third kappa shape index (κ3) is 2.71. The van der Waals surface area contributed by atoms with Crippen LogP contribution < -0.4 is 9.64 Å². The van der Waals surface area contributed by atoms with Crippen molar-refractivity contribution in [3.63, 3.8) is 0 Å². The smallest absolute Gasteiger partial charge is 0.238 e.